The summed E-state index contributed by atoms with van der Waals surface area (Å²) in [7, 11) is -2.19. The lowest BCUT2D eigenvalue weighted by Crippen LogP contribution is -2.33. The Kier molecular flexibility index (Phi) is 9.46. The number of carbonyl (C=O) groups is 2. The normalized spacial score (nSPS) is 11.6. The van der Waals surface area contributed by atoms with Crippen LogP contribution in [-0.2, 0) is 25.9 Å². The summed E-state index contributed by atoms with van der Waals surface area (Å²) in [5.41, 5.74) is 2.27. The fourth-order valence-corrected chi connectivity index (χ4v) is 3.40. The molecule has 34 heavy (non-hydrogen) atoms. The summed E-state index contributed by atoms with van der Waals surface area (Å²) in [6.45, 7) is 6.37. The summed E-state index contributed by atoms with van der Waals surface area (Å²) in [5.74, 6) is -0.518. The van der Waals surface area contributed by atoms with E-state index in [2.05, 4.69) is 5.32 Å². The molecular formula is C24H32N2O7S. The van der Waals surface area contributed by atoms with Crippen molar-refractivity contribution in [3.8, 4) is 16.9 Å². The number of carbonyl (C=O) groups excluding carboxylic acids is 2. The van der Waals surface area contributed by atoms with E-state index >= 15 is 0 Å². The van der Waals surface area contributed by atoms with Crippen LogP contribution in [0.15, 0.2) is 42.5 Å². The first-order valence-electron chi connectivity index (χ1n) is 10.7. The molecule has 2 N–H and O–H groups in total. The molecule has 2 aromatic carbocycles. The van der Waals surface area contributed by atoms with Crippen molar-refractivity contribution in [2.24, 2.45) is 0 Å². The van der Waals surface area contributed by atoms with Crippen LogP contribution in [0.5, 0.6) is 5.75 Å². The maximum atomic E-state index is 12.4. The van der Waals surface area contributed by atoms with Crippen molar-refractivity contribution in [2.75, 3.05) is 33.1 Å². The zero-order valence-electron chi connectivity index (χ0n) is 20.1. The standard InChI is InChI=1S/C24H32N2O7S/c1-24(2,3)33-23(28)25-13-12-17-6-8-18(9-7-17)19-10-11-20(22(27)26-34(5,29)30)21(16-19)32-15-14-31-4/h6-11,16H,12-15H2,1-5H3,(H,25,28)(H,26,27). The predicted octanol–water partition coefficient (Wildman–Crippen LogP) is 3.14. The van der Waals surface area contributed by atoms with E-state index in [-0.39, 0.29) is 17.9 Å². The molecule has 10 heteroatoms. The van der Waals surface area contributed by atoms with E-state index < -0.39 is 27.6 Å². The first-order chi connectivity index (χ1) is 15.9. The predicted molar refractivity (Wildman–Crippen MR) is 129 cm³/mol. The summed E-state index contributed by atoms with van der Waals surface area (Å²) in [4.78, 5) is 24.1. The van der Waals surface area contributed by atoms with Gasteiger partial charge in [-0.15, -0.1) is 0 Å². The molecule has 0 atom stereocenters. The van der Waals surface area contributed by atoms with Crippen molar-refractivity contribution in [1.29, 1.82) is 0 Å². The number of alkyl carbamates (subject to hydrolysis) is 1. The van der Waals surface area contributed by atoms with E-state index in [1.165, 1.54) is 13.2 Å². The van der Waals surface area contributed by atoms with Crippen LogP contribution in [0, 0.1) is 0 Å². The molecule has 0 radical (unpaired) electrons. The van der Waals surface area contributed by atoms with E-state index in [1.807, 2.05) is 49.8 Å². The van der Waals surface area contributed by atoms with E-state index in [9.17, 15) is 18.0 Å². The van der Waals surface area contributed by atoms with Gasteiger partial charge in [0.15, 0.2) is 0 Å². The molecule has 0 aliphatic carbocycles. The van der Waals surface area contributed by atoms with Crippen molar-refractivity contribution in [3.05, 3.63) is 53.6 Å². The highest BCUT2D eigenvalue weighted by molar-refractivity contribution is 7.89. The molecule has 0 aromatic heterocycles. The van der Waals surface area contributed by atoms with Gasteiger partial charge in [0, 0.05) is 13.7 Å². The fraction of sp³-hybridized carbons (Fsp3) is 0.417. The number of sulfonamides is 1. The molecule has 0 aliphatic heterocycles. The minimum absolute atomic E-state index is 0.107. The van der Waals surface area contributed by atoms with Crippen molar-refractivity contribution in [3.63, 3.8) is 0 Å². The van der Waals surface area contributed by atoms with Gasteiger partial charge in [0.1, 0.15) is 18.0 Å². The lowest BCUT2D eigenvalue weighted by molar-refractivity contribution is 0.0528. The molecule has 2 amide bonds. The molecule has 0 aliphatic rings. The smallest absolute Gasteiger partial charge is 0.407 e. The molecule has 186 valence electrons. The Bertz CT molecular complexity index is 1090. The lowest BCUT2D eigenvalue weighted by Gasteiger charge is -2.19. The van der Waals surface area contributed by atoms with Crippen molar-refractivity contribution < 1.29 is 32.2 Å². The monoisotopic (exact) mass is 492 g/mol. The number of rotatable bonds is 10. The van der Waals surface area contributed by atoms with Gasteiger partial charge in [0.05, 0.1) is 18.4 Å². The van der Waals surface area contributed by atoms with Gasteiger partial charge in [0.2, 0.25) is 10.0 Å². The molecule has 2 rings (SSSR count). The van der Waals surface area contributed by atoms with Crippen molar-refractivity contribution in [2.45, 2.75) is 32.8 Å². The minimum Gasteiger partial charge on any atom is -0.490 e. The van der Waals surface area contributed by atoms with Gasteiger partial charge in [-0.2, -0.15) is 0 Å². The molecule has 0 spiro atoms. The maximum absolute atomic E-state index is 12.4. The Morgan fingerprint density at radius 1 is 0.971 bits per heavy atom. The second kappa shape index (κ2) is 11.8. The highest BCUT2D eigenvalue weighted by atomic mass is 32.2. The molecule has 0 heterocycles. The molecule has 0 fully saturated rings. The van der Waals surface area contributed by atoms with Crippen LogP contribution in [-0.4, -0.2) is 59.1 Å². The zero-order chi connectivity index (χ0) is 25.4. The topological polar surface area (TPSA) is 120 Å². The number of amides is 2. The first kappa shape index (κ1) is 27.1. The molecule has 9 nitrogen and oxygen atoms in total. The third-order valence-corrected chi connectivity index (χ3v) is 4.97. The second-order valence-electron chi connectivity index (χ2n) is 8.63. The second-order valence-corrected chi connectivity index (χ2v) is 10.4. The number of hydrogen-bond donors (Lipinski definition) is 2. The van der Waals surface area contributed by atoms with E-state index in [0.717, 1.165) is 22.9 Å². The largest absolute Gasteiger partial charge is 0.490 e. The highest BCUT2D eigenvalue weighted by Crippen LogP contribution is 2.28. The van der Waals surface area contributed by atoms with Gasteiger partial charge in [-0.25, -0.2) is 17.9 Å². The zero-order valence-corrected chi connectivity index (χ0v) is 21.0. The summed E-state index contributed by atoms with van der Waals surface area (Å²) in [5, 5.41) is 2.73. The quantitative estimate of drug-likeness (QED) is 0.489. The van der Waals surface area contributed by atoms with E-state index in [4.69, 9.17) is 14.2 Å². The Balaban J connectivity index is 2.12. The Morgan fingerprint density at radius 3 is 2.21 bits per heavy atom. The van der Waals surface area contributed by atoms with Crippen LogP contribution in [0.1, 0.15) is 36.7 Å². The first-order valence-corrected chi connectivity index (χ1v) is 12.6. The van der Waals surface area contributed by atoms with Gasteiger partial charge >= 0.3 is 6.09 Å². The van der Waals surface area contributed by atoms with Gasteiger partial charge < -0.3 is 19.5 Å². The van der Waals surface area contributed by atoms with Crippen LogP contribution in [0.3, 0.4) is 0 Å². The van der Waals surface area contributed by atoms with E-state index in [0.29, 0.717) is 19.6 Å². The molecule has 0 saturated carbocycles. The van der Waals surface area contributed by atoms with Crippen LogP contribution in [0.4, 0.5) is 4.79 Å². The molecule has 0 unspecified atom stereocenters. The Morgan fingerprint density at radius 2 is 1.62 bits per heavy atom. The summed E-state index contributed by atoms with van der Waals surface area (Å²) >= 11 is 0. The third-order valence-electron chi connectivity index (χ3n) is 4.42. The number of ether oxygens (including phenoxy) is 3. The van der Waals surface area contributed by atoms with Gasteiger partial charge in [0.25, 0.3) is 5.91 Å². The van der Waals surface area contributed by atoms with E-state index in [1.54, 1.807) is 12.1 Å². The molecule has 0 bridgehead atoms. The highest BCUT2D eigenvalue weighted by Gasteiger charge is 2.18. The number of nitrogens with one attached hydrogen (secondary N) is 2. The average molecular weight is 493 g/mol. The summed E-state index contributed by atoms with van der Waals surface area (Å²) in [6.07, 6.45) is 1.09. The molecule has 0 saturated heterocycles. The fourth-order valence-electron chi connectivity index (χ4n) is 2.95. The van der Waals surface area contributed by atoms with Crippen LogP contribution >= 0.6 is 0 Å². The Hall–Kier alpha value is -3.11. The van der Waals surface area contributed by atoms with Gasteiger partial charge in [-0.1, -0.05) is 30.3 Å². The van der Waals surface area contributed by atoms with Gasteiger partial charge in [-0.3, -0.25) is 4.79 Å². The number of methoxy groups -OCH3 is 1. The average Bonchev–Trinajstić information content (AvgIpc) is 2.72. The van der Waals surface area contributed by atoms with Crippen LogP contribution in [0.2, 0.25) is 0 Å². The van der Waals surface area contributed by atoms with Crippen molar-refractivity contribution in [1.82, 2.24) is 10.0 Å². The summed E-state index contributed by atoms with van der Waals surface area (Å²) in [6, 6.07) is 12.7. The van der Waals surface area contributed by atoms with Crippen LogP contribution in [0.25, 0.3) is 11.1 Å². The van der Waals surface area contributed by atoms with Crippen molar-refractivity contribution >= 4 is 22.0 Å². The number of hydrogen-bond acceptors (Lipinski definition) is 7. The minimum atomic E-state index is -3.72. The molecular weight excluding hydrogens is 460 g/mol. The number of benzene rings is 2. The maximum Gasteiger partial charge on any atom is 0.407 e. The Labute approximate surface area is 200 Å². The molecule has 2 aromatic rings. The SMILES string of the molecule is COCCOc1cc(-c2ccc(CCNC(=O)OC(C)(C)C)cc2)ccc1C(=O)NS(C)(=O)=O. The summed E-state index contributed by atoms with van der Waals surface area (Å²) < 4.78 is 40.8. The van der Waals surface area contributed by atoms with Crippen LogP contribution < -0.4 is 14.8 Å². The third kappa shape index (κ3) is 9.40. The lowest BCUT2D eigenvalue weighted by atomic mass is 10.0. The van der Waals surface area contributed by atoms with Gasteiger partial charge in [-0.05, 0) is 56.0 Å².